The van der Waals surface area contributed by atoms with Gasteiger partial charge in [0, 0.05) is 29.8 Å². The standard InChI is InChI=1S/C27H27N3O3/c1-31-24-15-22-19(14-25(24)33-17-18-6-4-3-5-7-18)12-13-28-23(22)10-8-20-16-29-27-21(20)9-11-26(30-27)32-2/h3-11,14-16,23,28H,12-13,17H2,1-2H3,(H,29,30)/b10-8+. The van der Waals surface area contributed by atoms with E-state index >= 15 is 0 Å². The van der Waals surface area contributed by atoms with Crippen LogP contribution in [0.2, 0.25) is 0 Å². The fourth-order valence-electron chi connectivity index (χ4n) is 4.23. The lowest BCUT2D eigenvalue weighted by molar-refractivity contribution is 0.283. The van der Waals surface area contributed by atoms with Crippen LogP contribution in [0.25, 0.3) is 17.1 Å². The van der Waals surface area contributed by atoms with Crippen molar-refractivity contribution in [2.45, 2.75) is 19.1 Å². The molecular weight excluding hydrogens is 414 g/mol. The number of methoxy groups -OCH3 is 2. The van der Waals surface area contributed by atoms with Gasteiger partial charge in [-0.1, -0.05) is 42.5 Å². The maximum atomic E-state index is 6.12. The zero-order valence-electron chi connectivity index (χ0n) is 18.8. The fraction of sp³-hybridized carbons (Fsp3) is 0.222. The molecule has 0 bridgehead atoms. The largest absolute Gasteiger partial charge is 0.493 e. The van der Waals surface area contributed by atoms with Gasteiger partial charge in [0.05, 0.1) is 20.3 Å². The van der Waals surface area contributed by atoms with E-state index in [2.05, 4.69) is 51.7 Å². The Morgan fingerprint density at radius 1 is 1.03 bits per heavy atom. The number of benzene rings is 2. The predicted molar refractivity (Wildman–Crippen MR) is 130 cm³/mol. The van der Waals surface area contributed by atoms with Gasteiger partial charge in [0.2, 0.25) is 5.88 Å². The van der Waals surface area contributed by atoms with Crippen molar-refractivity contribution in [1.82, 2.24) is 15.3 Å². The summed E-state index contributed by atoms with van der Waals surface area (Å²) in [5, 5.41) is 4.66. The first-order valence-corrected chi connectivity index (χ1v) is 11.1. The number of hydrogen-bond donors (Lipinski definition) is 2. The molecule has 1 atom stereocenters. The van der Waals surface area contributed by atoms with Gasteiger partial charge in [-0.15, -0.1) is 0 Å². The van der Waals surface area contributed by atoms with E-state index in [0.717, 1.165) is 46.6 Å². The Hall–Kier alpha value is -3.77. The van der Waals surface area contributed by atoms with Crippen LogP contribution in [0.15, 0.2) is 66.9 Å². The third kappa shape index (κ3) is 4.43. The van der Waals surface area contributed by atoms with Crippen LogP contribution >= 0.6 is 0 Å². The average Bonchev–Trinajstić information content (AvgIpc) is 3.28. The number of pyridine rings is 1. The third-order valence-corrected chi connectivity index (χ3v) is 5.98. The molecule has 2 N–H and O–H groups in total. The van der Waals surface area contributed by atoms with Crippen molar-refractivity contribution in [3.05, 3.63) is 89.1 Å². The van der Waals surface area contributed by atoms with Crippen molar-refractivity contribution in [1.29, 1.82) is 0 Å². The zero-order valence-corrected chi connectivity index (χ0v) is 18.8. The van der Waals surface area contributed by atoms with Crippen LogP contribution < -0.4 is 19.5 Å². The molecule has 0 amide bonds. The summed E-state index contributed by atoms with van der Waals surface area (Å²) in [7, 11) is 3.31. The summed E-state index contributed by atoms with van der Waals surface area (Å²) >= 11 is 0. The maximum Gasteiger partial charge on any atom is 0.214 e. The summed E-state index contributed by atoms with van der Waals surface area (Å²) in [6, 6.07) is 18.4. The normalized spacial score (nSPS) is 15.5. The molecule has 168 valence electrons. The molecule has 1 aliphatic rings. The van der Waals surface area contributed by atoms with Crippen LogP contribution in [0, 0.1) is 0 Å². The topological polar surface area (TPSA) is 68.4 Å². The molecule has 6 nitrogen and oxygen atoms in total. The molecule has 6 heteroatoms. The van der Waals surface area contributed by atoms with Crippen LogP contribution in [0.5, 0.6) is 17.4 Å². The number of hydrogen-bond acceptors (Lipinski definition) is 5. The summed E-state index contributed by atoms with van der Waals surface area (Å²) in [6.07, 6.45) is 7.24. The number of H-pyrrole nitrogens is 1. The number of nitrogens with one attached hydrogen (secondary N) is 2. The van der Waals surface area contributed by atoms with Gasteiger partial charge in [-0.3, -0.25) is 0 Å². The van der Waals surface area contributed by atoms with Crippen LogP contribution in [0.4, 0.5) is 0 Å². The monoisotopic (exact) mass is 441 g/mol. The van der Waals surface area contributed by atoms with Gasteiger partial charge in [0.25, 0.3) is 0 Å². The molecule has 0 spiro atoms. The van der Waals surface area contributed by atoms with Crippen molar-refractivity contribution in [2.24, 2.45) is 0 Å². The number of nitrogens with zero attached hydrogens (tertiary/aromatic N) is 1. The Balaban J connectivity index is 1.39. The first kappa shape index (κ1) is 21.1. The van der Waals surface area contributed by atoms with E-state index in [-0.39, 0.29) is 6.04 Å². The van der Waals surface area contributed by atoms with Crippen LogP contribution in [-0.4, -0.2) is 30.7 Å². The van der Waals surface area contributed by atoms with Gasteiger partial charge in [0.1, 0.15) is 12.3 Å². The van der Waals surface area contributed by atoms with Crippen LogP contribution in [0.1, 0.15) is 28.3 Å². The highest BCUT2D eigenvalue weighted by molar-refractivity contribution is 5.86. The predicted octanol–water partition coefficient (Wildman–Crippen LogP) is 5.06. The molecule has 2 aromatic carbocycles. The van der Waals surface area contributed by atoms with Gasteiger partial charge in [-0.2, -0.15) is 4.98 Å². The number of fused-ring (bicyclic) bond motifs is 2. The highest BCUT2D eigenvalue weighted by atomic mass is 16.5. The molecule has 3 heterocycles. The smallest absolute Gasteiger partial charge is 0.214 e. The van der Waals surface area contributed by atoms with E-state index in [0.29, 0.717) is 12.5 Å². The highest BCUT2D eigenvalue weighted by Gasteiger charge is 2.21. The second-order valence-corrected chi connectivity index (χ2v) is 8.01. The molecule has 5 rings (SSSR count). The van der Waals surface area contributed by atoms with Crippen LogP contribution in [-0.2, 0) is 13.0 Å². The van der Waals surface area contributed by atoms with E-state index < -0.39 is 0 Å². The number of ether oxygens (including phenoxy) is 3. The molecule has 0 aliphatic carbocycles. The molecule has 0 radical (unpaired) electrons. The fourth-order valence-corrected chi connectivity index (χ4v) is 4.23. The molecule has 1 unspecified atom stereocenters. The lowest BCUT2D eigenvalue weighted by Crippen LogP contribution is -2.28. The lowest BCUT2D eigenvalue weighted by atomic mass is 9.93. The summed E-state index contributed by atoms with van der Waals surface area (Å²) in [4.78, 5) is 7.68. The Morgan fingerprint density at radius 2 is 1.91 bits per heavy atom. The summed E-state index contributed by atoms with van der Waals surface area (Å²) < 4.78 is 17.0. The molecule has 4 aromatic rings. The van der Waals surface area contributed by atoms with Crippen LogP contribution in [0.3, 0.4) is 0 Å². The Kier molecular flexibility index (Phi) is 6.00. The summed E-state index contributed by atoms with van der Waals surface area (Å²) in [5.41, 5.74) is 5.51. The zero-order chi connectivity index (χ0) is 22.6. The molecule has 0 saturated carbocycles. The number of aromatic amines is 1. The second kappa shape index (κ2) is 9.38. The minimum Gasteiger partial charge on any atom is -0.493 e. The number of rotatable bonds is 7. The van der Waals surface area contributed by atoms with Gasteiger partial charge >= 0.3 is 0 Å². The highest BCUT2D eigenvalue weighted by Crippen LogP contribution is 2.36. The molecular formula is C27H27N3O3. The van der Waals surface area contributed by atoms with Gasteiger partial charge in [0.15, 0.2) is 11.5 Å². The van der Waals surface area contributed by atoms with E-state index in [4.69, 9.17) is 14.2 Å². The molecule has 0 fully saturated rings. The van der Waals surface area contributed by atoms with Crippen molar-refractivity contribution in [3.8, 4) is 17.4 Å². The molecule has 0 saturated heterocycles. The minimum atomic E-state index is 0.0852. The average molecular weight is 442 g/mol. The SMILES string of the molecule is COc1ccc2c(/C=C/C3NCCc4cc(OCc5ccccc5)c(OC)cc43)c[nH]c2n1. The summed E-state index contributed by atoms with van der Waals surface area (Å²) in [5.74, 6) is 2.12. The first-order chi connectivity index (χ1) is 16.2. The van der Waals surface area contributed by atoms with Gasteiger partial charge < -0.3 is 24.5 Å². The first-order valence-electron chi connectivity index (χ1n) is 11.1. The van der Waals surface area contributed by atoms with Gasteiger partial charge in [-0.05, 0) is 41.3 Å². The second-order valence-electron chi connectivity index (χ2n) is 8.01. The third-order valence-electron chi connectivity index (χ3n) is 5.98. The lowest BCUT2D eigenvalue weighted by Gasteiger charge is -2.26. The summed E-state index contributed by atoms with van der Waals surface area (Å²) in [6.45, 7) is 1.41. The molecule has 1 aliphatic heterocycles. The van der Waals surface area contributed by atoms with Crippen molar-refractivity contribution in [2.75, 3.05) is 20.8 Å². The van der Waals surface area contributed by atoms with Crippen molar-refractivity contribution in [3.63, 3.8) is 0 Å². The van der Waals surface area contributed by atoms with Crippen molar-refractivity contribution < 1.29 is 14.2 Å². The number of aromatic nitrogens is 2. The Morgan fingerprint density at radius 3 is 2.73 bits per heavy atom. The molecule has 2 aromatic heterocycles. The van der Waals surface area contributed by atoms with E-state index in [1.54, 1.807) is 14.2 Å². The van der Waals surface area contributed by atoms with Crippen molar-refractivity contribution >= 4 is 17.1 Å². The van der Waals surface area contributed by atoms with Gasteiger partial charge in [-0.25, -0.2) is 0 Å². The Bertz CT molecular complexity index is 1280. The molecule has 33 heavy (non-hydrogen) atoms. The van der Waals surface area contributed by atoms with E-state index in [1.807, 2.05) is 36.5 Å². The Labute approximate surface area is 193 Å². The van der Waals surface area contributed by atoms with E-state index in [9.17, 15) is 0 Å². The minimum absolute atomic E-state index is 0.0852. The van der Waals surface area contributed by atoms with E-state index in [1.165, 1.54) is 11.1 Å². The quantitative estimate of drug-likeness (QED) is 0.420. The maximum absolute atomic E-state index is 6.12.